The monoisotopic (exact) mass is 252 g/mol. The first-order valence-electron chi connectivity index (χ1n) is 6.79. The normalized spacial score (nSPS) is 19.0. The number of nitriles is 1. The molecule has 0 aromatic rings. The summed E-state index contributed by atoms with van der Waals surface area (Å²) in [4.78, 5) is 12.2. The van der Waals surface area contributed by atoms with Crippen molar-refractivity contribution in [3.63, 3.8) is 0 Å². The Hall–Kier alpha value is -1.08. The quantitative estimate of drug-likeness (QED) is 0.817. The smallest absolute Gasteiger partial charge is 0.240 e. The Morgan fingerprint density at radius 3 is 2.50 bits per heavy atom. The van der Waals surface area contributed by atoms with Crippen molar-refractivity contribution in [1.82, 2.24) is 5.32 Å². The zero-order valence-corrected chi connectivity index (χ0v) is 11.7. The molecule has 4 nitrogen and oxygen atoms in total. The van der Waals surface area contributed by atoms with Crippen LogP contribution in [0, 0.1) is 16.7 Å². The molecule has 1 aliphatic rings. The fourth-order valence-electron chi connectivity index (χ4n) is 2.45. The molecule has 1 N–H and O–H groups in total. The van der Waals surface area contributed by atoms with Crippen LogP contribution in [-0.2, 0) is 9.53 Å². The van der Waals surface area contributed by atoms with Crippen molar-refractivity contribution >= 4 is 5.91 Å². The first-order valence-corrected chi connectivity index (χ1v) is 6.79. The third kappa shape index (κ3) is 3.71. The van der Waals surface area contributed by atoms with Gasteiger partial charge in [0.15, 0.2) is 0 Å². The number of hydrogen-bond donors (Lipinski definition) is 1. The van der Waals surface area contributed by atoms with Crippen LogP contribution in [-0.4, -0.2) is 24.7 Å². The predicted molar refractivity (Wildman–Crippen MR) is 69.8 cm³/mol. The fraction of sp³-hybridized carbons (Fsp3) is 0.857. The van der Waals surface area contributed by atoms with E-state index in [4.69, 9.17) is 4.74 Å². The largest absolute Gasteiger partial charge is 0.374 e. The minimum absolute atomic E-state index is 0.127. The van der Waals surface area contributed by atoms with Gasteiger partial charge >= 0.3 is 0 Å². The number of nitrogens with one attached hydrogen (secondary N) is 1. The number of ether oxygens (including phenoxy) is 1. The van der Waals surface area contributed by atoms with E-state index in [1.165, 1.54) is 0 Å². The second-order valence-corrected chi connectivity index (χ2v) is 5.63. The SMILES string of the molecule is CCOC(C)(C)CNC(=O)C1(C#N)CCCCC1. The number of carbonyl (C=O) groups is 1. The lowest BCUT2D eigenvalue weighted by molar-refractivity contribution is -0.131. The first kappa shape index (κ1) is 15.0. The lowest BCUT2D eigenvalue weighted by Gasteiger charge is -2.31. The van der Waals surface area contributed by atoms with Crippen LogP contribution in [0.1, 0.15) is 52.9 Å². The maximum atomic E-state index is 12.2. The summed E-state index contributed by atoms with van der Waals surface area (Å²) in [5.74, 6) is -0.127. The van der Waals surface area contributed by atoms with Crippen LogP contribution in [0.25, 0.3) is 0 Å². The minimum Gasteiger partial charge on any atom is -0.374 e. The highest BCUT2D eigenvalue weighted by atomic mass is 16.5. The van der Waals surface area contributed by atoms with Crippen LogP contribution < -0.4 is 5.32 Å². The maximum Gasteiger partial charge on any atom is 0.240 e. The van der Waals surface area contributed by atoms with E-state index in [9.17, 15) is 10.1 Å². The van der Waals surface area contributed by atoms with Crippen LogP contribution in [0.15, 0.2) is 0 Å². The van der Waals surface area contributed by atoms with Crippen molar-refractivity contribution in [3.05, 3.63) is 0 Å². The zero-order valence-electron chi connectivity index (χ0n) is 11.7. The molecule has 0 spiro atoms. The molecule has 0 aromatic carbocycles. The van der Waals surface area contributed by atoms with Gasteiger partial charge in [-0.3, -0.25) is 4.79 Å². The molecule has 4 heteroatoms. The van der Waals surface area contributed by atoms with Crippen LogP contribution in [0.4, 0.5) is 0 Å². The van der Waals surface area contributed by atoms with Gasteiger partial charge in [-0.1, -0.05) is 19.3 Å². The molecule has 1 fully saturated rings. The molecule has 0 aliphatic heterocycles. The molecule has 0 atom stereocenters. The Morgan fingerprint density at radius 1 is 1.39 bits per heavy atom. The van der Waals surface area contributed by atoms with Gasteiger partial charge < -0.3 is 10.1 Å². The summed E-state index contributed by atoms with van der Waals surface area (Å²) in [6.45, 7) is 6.88. The summed E-state index contributed by atoms with van der Waals surface area (Å²) >= 11 is 0. The Labute approximate surface area is 110 Å². The molecule has 1 saturated carbocycles. The number of amides is 1. The van der Waals surface area contributed by atoms with E-state index in [-0.39, 0.29) is 11.5 Å². The first-order chi connectivity index (χ1) is 8.46. The molecule has 102 valence electrons. The van der Waals surface area contributed by atoms with Crippen molar-refractivity contribution in [2.24, 2.45) is 5.41 Å². The second kappa shape index (κ2) is 6.19. The van der Waals surface area contributed by atoms with Gasteiger partial charge in [0.25, 0.3) is 0 Å². The highest BCUT2D eigenvalue weighted by Gasteiger charge is 2.40. The standard InChI is InChI=1S/C14H24N2O2/c1-4-18-13(2,3)11-16-12(17)14(10-15)8-6-5-7-9-14/h4-9,11H2,1-3H3,(H,16,17). The maximum absolute atomic E-state index is 12.2. The summed E-state index contributed by atoms with van der Waals surface area (Å²) < 4.78 is 5.54. The van der Waals surface area contributed by atoms with Gasteiger partial charge in [-0.05, 0) is 33.6 Å². The molecule has 1 rings (SSSR count). The third-order valence-electron chi connectivity index (χ3n) is 3.57. The molecule has 0 heterocycles. The van der Waals surface area contributed by atoms with Gasteiger partial charge in [-0.15, -0.1) is 0 Å². The number of hydrogen-bond acceptors (Lipinski definition) is 3. The Balaban J connectivity index is 2.56. The summed E-state index contributed by atoms with van der Waals surface area (Å²) in [5, 5.41) is 12.2. The molecule has 18 heavy (non-hydrogen) atoms. The minimum atomic E-state index is -0.805. The average molecular weight is 252 g/mol. The fourth-order valence-corrected chi connectivity index (χ4v) is 2.45. The molecule has 0 bridgehead atoms. The van der Waals surface area contributed by atoms with Crippen LogP contribution in [0.2, 0.25) is 0 Å². The van der Waals surface area contributed by atoms with Gasteiger partial charge in [0.1, 0.15) is 5.41 Å². The van der Waals surface area contributed by atoms with E-state index in [2.05, 4.69) is 11.4 Å². The third-order valence-corrected chi connectivity index (χ3v) is 3.57. The van der Waals surface area contributed by atoms with E-state index < -0.39 is 5.41 Å². The predicted octanol–water partition coefficient (Wildman–Crippen LogP) is 2.39. The van der Waals surface area contributed by atoms with Crippen LogP contribution >= 0.6 is 0 Å². The Morgan fingerprint density at radius 2 is 2.00 bits per heavy atom. The molecular formula is C14H24N2O2. The molecule has 0 saturated heterocycles. The van der Waals surface area contributed by atoms with Crippen molar-refractivity contribution in [3.8, 4) is 6.07 Å². The van der Waals surface area contributed by atoms with E-state index >= 15 is 0 Å². The van der Waals surface area contributed by atoms with Gasteiger partial charge in [0, 0.05) is 13.2 Å². The summed E-state index contributed by atoms with van der Waals surface area (Å²) in [5.41, 5.74) is -1.18. The molecule has 1 aliphatic carbocycles. The lowest BCUT2D eigenvalue weighted by Crippen LogP contribution is -2.47. The summed E-state index contributed by atoms with van der Waals surface area (Å²) in [6, 6.07) is 2.23. The summed E-state index contributed by atoms with van der Waals surface area (Å²) in [7, 11) is 0. The van der Waals surface area contributed by atoms with Gasteiger partial charge in [0.2, 0.25) is 5.91 Å². The lowest BCUT2D eigenvalue weighted by atomic mass is 9.74. The number of rotatable bonds is 5. The van der Waals surface area contributed by atoms with E-state index in [1.807, 2.05) is 20.8 Å². The van der Waals surface area contributed by atoms with Crippen molar-refractivity contribution in [2.45, 2.75) is 58.5 Å². The van der Waals surface area contributed by atoms with Gasteiger partial charge in [-0.2, -0.15) is 5.26 Å². The highest BCUT2D eigenvalue weighted by Crippen LogP contribution is 2.35. The molecule has 0 radical (unpaired) electrons. The van der Waals surface area contributed by atoms with Crippen molar-refractivity contribution in [2.75, 3.05) is 13.2 Å². The summed E-state index contributed by atoms with van der Waals surface area (Å²) in [6.07, 6.45) is 4.43. The topological polar surface area (TPSA) is 62.1 Å². The number of nitrogens with zero attached hydrogens (tertiary/aromatic N) is 1. The molecule has 1 amide bonds. The van der Waals surface area contributed by atoms with Crippen molar-refractivity contribution in [1.29, 1.82) is 5.26 Å². The Bertz CT molecular complexity index is 325. The molecular weight excluding hydrogens is 228 g/mol. The highest BCUT2D eigenvalue weighted by molar-refractivity contribution is 5.85. The Kier molecular flexibility index (Phi) is 5.15. The van der Waals surface area contributed by atoms with E-state index in [0.717, 1.165) is 19.3 Å². The number of carbonyl (C=O) groups excluding carboxylic acids is 1. The van der Waals surface area contributed by atoms with E-state index in [1.54, 1.807) is 0 Å². The average Bonchev–Trinajstić information content (AvgIpc) is 2.37. The second-order valence-electron chi connectivity index (χ2n) is 5.63. The van der Waals surface area contributed by atoms with Gasteiger partial charge in [-0.25, -0.2) is 0 Å². The van der Waals surface area contributed by atoms with Crippen molar-refractivity contribution < 1.29 is 9.53 Å². The molecule has 0 unspecified atom stereocenters. The molecule has 0 aromatic heterocycles. The van der Waals surface area contributed by atoms with Crippen LogP contribution in [0.5, 0.6) is 0 Å². The van der Waals surface area contributed by atoms with E-state index in [0.29, 0.717) is 26.0 Å². The zero-order chi connectivity index (χ0) is 13.6. The van der Waals surface area contributed by atoms with Gasteiger partial charge in [0.05, 0.1) is 11.7 Å². The van der Waals surface area contributed by atoms with Crippen LogP contribution in [0.3, 0.4) is 0 Å².